The van der Waals surface area contributed by atoms with Gasteiger partial charge in [0, 0.05) is 6.42 Å². The van der Waals surface area contributed by atoms with Gasteiger partial charge in [0.1, 0.15) is 42.7 Å². The Morgan fingerprint density at radius 1 is 1.06 bits per heavy atom. The number of carbonyl (C=O) groups excluding carboxylic acids is 1. The van der Waals surface area contributed by atoms with Crippen LogP contribution in [0.15, 0.2) is 23.3 Å². The lowest BCUT2D eigenvalue weighted by atomic mass is 9.72. The van der Waals surface area contributed by atoms with Crippen LogP contribution in [0.4, 0.5) is 0 Å². The largest absolute Gasteiger partial charge is 0.388 e. The smallest absolute Gasteiger partial charge is 0.186 e. The van der Waals surface area contributed by atoms with Gasteiger partial charge in [-0.1, -0.05) is 19.9 Å². The van der Waals surface area contributed by atoms with E-state index in [0.29, 0.717) is 12.8 Å². The first-order chi connectivity index (χ1) is 16.3. The van der Waals surface area contributed by atoms with Crippen LogP contribution in [0.2, 0.25) is 0 Å². The van der Waals surface area contributed by atoms with Gasteiger partial charge >= 0.3 is 0 Å². The lowest BCUT2D eigenvalue weighted by molar-refractivity contribution is -0.326. The van der Waals surface area contributed by atoms with E-state index in [2.05, 4.69) is 0 Å². The lowest BCUT2D eigenvalue weighted by Crippen LogP contribution is -2.60. The Morgan fingerprint density at radius 3 is 2.37 bits per heavy atom. The van der Waals surface area contributed by atoms with Gasteiger partial charge in [-0.15, -0.1) is 0 Å². The minimum atomic E-state index is -1.58. The van der Waals surface area contributed by atoms with Crippen molar-refractivity contribution in [3.63, 3.8) is 0 Å². The summed E-state index contributed by atoms with van der Waals surface area (Å²) in [7, 11) is 0. The first kappa shape index (κ1) is 28.3. The number of hydrogen-bond acceptors (Lipinski definition) is 11. The molecule has 0 aromatic heterocycles. The molecule has 6 N–H and O–H groups in total. The standard InChI is InChI=1S/C24H38O11/c1-11-7-13(25)8-24(3,4)14(11)6-5-12(2)34-23-21(31)19(29)18(28)16(35-23)10-33-22-20(30)17(27)15(26)9-32-22/h6-7,12,15-23,26-31H,5,8-10H2,1-4H3/b14-6+/t12-,15-,16-,17+,18-,19+,20-,21-,22+,23-/m1/s1. The van der Waals surface area contributed by atoms with Crippen LogP contribution in [-0.2, 0) is 23.7 Å². The molecule has 11 heteroatoms. The summed E-state index contributed by atoms with van der Waals surface area (Å²) in [6, 6.07) is 0. The van der Waals surface area contributed by atoms with Gasteiger partial charge in [-0.2, -0.15) is 0 Å². The van der Waals surface area contributed by atoms with Crippen LogP contribution in [0.3, 0.4) is 0 Å². The highest BCUT2D eigenvalue weighted by atomic mass is 16.7. The van der Waals surface area contributed by atoms with Crippen molar-refractivity contribution >= 4 is 5.78 Å². The first-order valence-corrected chi connectivity index (χ1v) is 11.9. The summed E-state index contributed by atoms with van der Waals surface area (Å²) in [5, 5.41) is 60.3. The highest BCUT2D eigenvalue weighted by molar-refractivity contribution is 5.93. The van der Waals surface area contributed by atoms with E-state index in [1.807, 2.05) is 26.8 Å². The number of aliphatic hydroxyl groups is 6. The van der Waals surface area contributed by atoms with Crippen LogP contribution >= 0.6 is 0 Å². The predicted molar refractivity (Wildman–Crippen MR) is 121 cm³/mol. The average Bonchev–Trinajstić information content (AvgIpc) is 2.76. The van der Waals surface area contributed by atoms with Gasteiger partial charge in [-0.05, 0) is 42.9 Å². The van der Waals surface area contributed by atoms with E-state index >= 15 is 0 Å². The molecule has 0 aromatic carbocycles. The molecule has 0 amide bonds. The Balaban J connectivity index is 1.59. The summed E-state index contributed by atoms with van der Waals surface area (Å²) in [5.74, 6) is 0.0883. The van der Waals surface area contributed by atoms with Crippen molar-refractivity contribution < 1.29 is 54.4 Å². The molecule has 0 unspecified atom stereocenters. The number of allylic oxidation sites excluding steroid dienone is 3. The molecule has 0 saturated carbocycles. The number of rotatable bonds is 7. The number of ether oxygens (including phenoxy) is 4. The molecule has 2 saturated heterocycles. The SMILES string of the molecule is CC1=CC(=O)CC(C)(C)/C1=C/C[C@@H](C)O[C@@H]1O[C@H](CO[C@@H]2OC[C@@H](O)[C@H](O)[C@H]2O)[C@@H](O)[C@H](O)[C@H]1O. The average molecular weight is 503 g/mol. The number of aliphatic hydroxyl groups excluding tert-OH is 6. The Labute approximate surface area is 204 Å². The van der Waals surface area contributed by atoms with E-state index in [9.17, 15) is 35.4 Å². The molecule has 2 heterocycles. The van der Waals surface area contributed by atoms with Crippen LogP contribution in [0.1, 0.15) is 40.5 Å². The van der Waals surface area contributed by atoms with E-state index in [1.165, 1.54) is 0 Å². The molecular formula is C24H38O11. The third-order valence-corrected chi connectivity index (χ3v) is 6.72. The van der Waals surface area contributed by atoms with E-state index in [1.54, 1.807) is 13.0 Å². The van der Waals surface area contributed by atoms with Crippen LogP contribution in [0.5, 0.6) is 0 Å². The van der Waals surface area contributed by atoms with Crippen LogP contribution < -0.4 is 0 Å². The Bertz CT molecular complexity index is 809. The molecule has 0 radical (unpaired) electrons. The van der Waals surface area contributed by atoms with E-state index < -0.39 is 61.4 Å². The van der Waals surface area contributed by atoms with E-state index in [0.717, 1.165) is 11.1 Å². The van der Waals surface area contributed by atoms with E-state index in [4.69, 9.17) is 18.9 Å². The molecule has 35 heavy (non-hydrogen) atoms. The van der Waals surface area contributed by atoms with Crippen LogP contribution in [-0.4, -0.2) is 111 Å². The minimum Gasteiger partial charge on any atom is -0.388 e. The molecule has 200 valence electrons. The van der Waals surface area contributed by atoms with Crippen molar-refractivity contribution in [3.8, 4) is 0 Å². The maximum atomic E-state index is 11.9. The molecule has 3 aliphatic rings. The summed E-state index contributed by atoms with van der Waals surface area (Å²) in [6.07, 6.45) is -8.47. The summed E-state index contributed by atoms with van der Waals surface area (Å²) in [5.41, 5.74) is 1.62. The normalized spacial score (nSPS) is 42.1. The van der Waals surface area contributed by atoms with Crippen molar-refractivity contribution in [1.82, 2.24) is 0 Å². The highest BCUT2D eigenvalue weighted by Gasteiger charge is 2.46. The van der Waals surface area contributed by atoms with Crippen molar-refractivity contribution in [1.29, 1.82) is 0 Å². The molecule has 0 aromatic rings. The van der Waals surface area contributed by atoms with Crippen molar-refractivity contribution in [3.05, 3.63) is 23.3 Å². The lowest BCUT2D eigenvalue weighted by Gasteiger charge is -2.42. The second kappa shape index (κ2) is 11.4. The quantitative estimate of drug-likeness (QED) is 0.250. The fraction of sp³-hybridized carbons (Fsp3) is 0.792. The summed E-state index contributed by atoms with van der Waals surface area (Å²) < 4.78 is 22.1. The third-order valence-electron chi connectivity index (χ3n) is 6.72. The topological polar surface area (TPSA) is 175 Å². The molecule has 0 spiro atoms. The zero-order chi connectivity index (χ0) is 26.1. The molecule has 2 aliphatic heterocycles. The van der Waals surface area contributed by atoms with Crippen molar-refractivity contribution in [2.45, 2.75) is 102 Å². The van der Waals surface area contributed by atoms with Gasteiger partial charge in [-0.3, -0.25) is 4.79 Å². The maximum Gasteiger partial charge on any atom is 0.186 e. The fourth-order valence-electron chi connectivity index (χ4n) is 4.72. The second-order valence-corrected chi connectivity index (χ2v) is 10.3. The summed E-state index contributed by atoms with van der Waals surface area (Å²) >= 11 is 0. The van der Waals surface area contributed by atoms with Crippen molar-refractivity contribution in [2.75, 3.05) is 13.2 Å². The molecule has 1 aliphatic carbocycles. The van der Waals surface area contributed by atoms with Gasteiger partial charge in [-0.25, -0.2) is 0 Å². The van der Waals surface area contributed by atoms with Gasteiger partial charge in [0.25, 0.3) is 0 Å². The molecule has 10 atom stereocenters. The van der Waals surface area contributed by atoms with Crippen LogP contribution in [0, 0.1) is 5.41 Å². The third kappa shape index (κ3) is 6.55. The zero-order valence-electron chi connectivity index (χ0n) is 20.5. The van der Waals surface area contributed by atoms with Gasteiger partial charge in [0.05, 0.1) is 19.3 Å². The molecule has 3 rings (SSSR count). The summed E-state index contributed by atoms with van der Waals surface area (Å²) in [4.78, 5) is 11.9. The maximum absolute atomic E-state index is 11.9. The van der Waals surface area contributed by atoms with Gasteiger partial charge < -0.3 is 49.6 Å². The molecule has 2 fully saturated rings. The van der Waals surface area contributed by atoms with Crippen molar-refractivity contribution in [2.24, 2.45) is 5.41 Å². The zero-order valence-corrected chi connectivity index (χ0v) is 20.5. The molecular weight excluding hydrogens is 464 g/mol. The van der Waals surface area contributed by atoms with Gasteiger partial charge in [0.2, 0.25) is 0 Å². The minimum absolute atomic E-state index is 0.0883. The van der Waals surface area contributed by atoms with Crippen LogP contribution in [0.25, 0.3) is 0 Å². The fourth-order valence-corrected chi connectivity index (χ4v) is 4.72. The summed E-state index contributed by atoms with van der Waals surface area (Å²) in [6.45, 7) is 7.06. The van der Waals surface area contributed by atoms with Gasteiger partial charge in [0.15, 0.2) is 18.4 Å². The monoisotopic (exact) mass is 502 g/mol. The Kier molecular flexibility index (Phi) is 9.25. The second-order valence-electron chi connectivity index (χ2n) is 10.3. The number of hydrogen-bond donors (Lipinski definition) is 6. The first-order valence-electron chi connectivity index (χ1n) is 11.9. The number of ketones is 1. The Morgan fingerprint density at radius 2 is 1.71 bits per heavy atom. The molecule has 0 bridgehead atoms. The predicted octanol–water partition coefficient (Wildman–Crippen LogP) is -1.08. The van der Waals surface area contributed by atoms with E-state index in [-0.39, 0.29) is 24.4 Å². The molecule has 11 nitrogen and oxygen atoms in total. The Hall–Kier alpha value is -1.25. The highest BCUT2D eigenvalue weighted by Crippen LogP contribution is 2.39. The number of carbonyl (C=O) groups is 1.